The summed E-state index contributed by atoms with van der Waals surface area (Å²) in [5, 5.41) is 5.50. The van der Waals surface area contributed by atoms with Gasteiger partial charge in [-0.3, -0.25) is 14.2 Å². The Morgan fingerprint density at radius 1 is 1.30 bits per heavy atom. The lowest BCUT2D eigenvalue weighted by atomic mass is 10.1. The van der Waals surface area contributed by atoms with Gasteiger partial charge in [-0.2, -0.15) is 0 Å². The van der Waals surface area contributed by atoms with Crippen molar-refractivity contribution in [1.82, 2.24) is 14.9 Å². The van der Waals surface area contributed by atoms with E-state index in [9.17, 15) is 9.59 Å². The molecule has 5 nitrogen and oxygen atoms in total. The molecule has 3 aromatic rings. The minimum atomic E-state index is -0.0390. The summed E-state index contributed by atoms with van der Waals surface area (Å²) in [4.78, 5) is 29.3. The number of benzene rings is 1. The largest absolute Gasteiger partial charge is 0.353 e. The van der Waals surface area contributed by atoms with Gasteiger partial charge in [0.25, 0.3) is 5.56 Å². The first kappa shape index (κ1) is 19.6. The quantitative estimate of drug-likeness (QED) is 0.462. The number of nitrogens with one attached hydrogen (secondary N) is 1. The van der Waals surface area contributed by atoms with E-state index in [1.165, 1.54) is 28.7 Å². The van der Waals surface area contributed by atoms with E-state index in [-0.39, 0.29) is 23.3 Å². The van der Waals surface area contributed by atoms with Crippen LogP contribution in [0.15, 0.2) is 51.7 Å². The highest BCUT2D eigenvalue weighted by atomic mass is 32.2. The molecule has 0 aliphatic rings. The van der Waals surface area contributed by atoms with Gasteiger partial charge >= 0.3 is 0 Å². The number of nitrogens with zero attached hydrogens (tertiary/aromatic N) is 2. The molecule has 2 aromatic heterocycles. The molecule has 0 spiro atoms. The van der Waals surface area contributed by atoms with E-state index < -0.39 is 0 Å². The third-order valence-electron chi connectivity index (χ3n) is 4.30. The van der Waals surface area contributed by atoms with E-state index in [1.54, 1.807) is 4.57 Å². The third kappa shape index (κ3) is 4.99. The van der Waals surface area contributed by atoms with Crippen molar-refractivity contribution in [2.24, 2.45) is 0 Å². The Balaban J connectivity index is 1.56. The maximum atomic E-state index is 12.5. The highest BCUT2D eigenvalue weighted by Crippen LogP contribution is 2.20. The molecular weight excluding hydrogens is 378 g/mol. The van der Waals surface area contributed by atoms with Crippen molar-refractivity contribution in [3.05, 3.63) is 57.7 Å². The molecule has 0 radical (unpaired) electrons. The Morgan fingerprint density at radius 3 is 2.81 bits per heavy atom. The summed E-state index contributed by atoms with van der Waals surface area (Å²) in [7, 11) is 0. The molecule has 0 aliphatic heterocycles. The van der Waals surface area contributed by atoms with Crippen LogP contribution in [0.3, 0.4) is 0 Å². The van der Waals surface area contributed by atoms with Crippen molar-refractivity contribution in [3.8, 4) is 0 Å². The van der Waals surface area contributed by atoms with E-state index in [1.807, 2.05) is 43.5 Å². The van der Waals surface area contributed by atoms with Gasteiger partial charge in [-0.15, -0.1) is 11.3 Å². The zero-order chi connectivity index (χ0) is 19.2. The molecule has 0 saturated carbocycles. The topological polar surface area (TPSA) is 64.0 Å². The Kier molecular flexibility index (Phi) is 6.68. The second-order valence-electron chi connectivity index (χ2n) is 6.36. The van der Waals surface area contributed by atoms with E-state index >= 15 is 0 Å². The number of carbonyl (C=O) groups excluding carboxylic acids is 1. The number of aryl methyl sites for hydroxylation is 1. The second kappa shape index (κ2) is 9.19. The summed E-state index contributed by atoms with van der Waals surface area (Å²) in [6, 6.07) is 12.2. The average Bonchev–Trinajstić information content (AvgIpc) is 3.14. The lowest BCUT2D eigenvalue weighted by molar-refractivity contribution is -0.119. The molecule has 1 aromatic carbocycles. The monoisotopic (exact) mass is 401 g/mol. The minimum absolute atomic E-state index is 0.0309. The minimum Gasteiger partial charge on any atom is -0.353 e. The molecule has 1 amide bonds. The highest BCUT2D eigenvalue weighted by molar-refractivity contribution is 7.99. The molecule has 0 saturated heterocycles. The van der Waals surface area contributed by atoms with E-state index in [0.717, 1.165) is 12.8 Å². The first-order chi connectivity index (χ1) is 13.1. The van der Waals surface area contributed by atoms with E-state index in [4.69, 9.17) is 0 Å². The van der Waals surface area contributed by atoms with Crippen molar-refractivity contribution in [3.63, 3.8) is 0 Å². The molecule has 0 unspecified atom stereocenters. The molecule has 1 N–H and O–H groups in total. The maximum Gasteiger partial charge on any atom is 0.272 e. The Hall–Kier alpha value is -2.12. The van der Waals surface area contributed by atoms with Gasteiger partial charge in [0.1, 0.15) is 4.70 Å². The summed E-state index contributed by atoms with van der Waals surface area (Å²) in [5.74, 6) is 0.209. The van der Waals surface area contributed by atoms with Gasteiger partial charge in [0.05, 0.1) is 11.3 Å². The van der Waals surface area contributed by atoms with Crippen LogP contribution in [-0.2, 0) is 17.8 Å². The Morgan fingerprint density at radius 2 is 2.07 bits per heavy atom. The predicted molar refractivity (Wildman–Crippen MR) is 113 cm³/mol. The Bertz CT molecular complexity index is 966. The molecule has 2 heterocycles. The highest BCUT2D eigenvalue weighted by Gasteiger charge is 2.14. The van der Waals surface area contributed by atoms with Crippen molar-refractivity contribution in [1.29, 1.82) is 0 Å². The number of fused-ring (bicyclic) bond motifs is 1. The zero-order valence-corrected chi connectivity index (χ0v) is 17.1. The van der Waals surface area contributed by atoms with Gasteiger partial charge in [0.15, 0.2) is 5.16 Å². The van der Waals surface area contributed by atoms with Crippen LogP contribution in [0, 0.1) is 0 Å². The molecule has 3 rings (SSSR count). The molecule has 7 heteroatoms. The van der Waals surface area contributed by atoms with Crippen LogP contribution in [0.2, 0.25) is 0 Å². The van der Waals surface area contributed by atoms with Crippen molar-refractivity contribution in [2.75, 3.05) is 5.75 Å². The first-order valence-electron chi connectivity index (χ1n) is 9.02. The van der Waals surface area contributed by atoms with Crippen LogP contribution in [0.1, 0.15) is 25.8 Å². The fraction of sp³-hybridized carbons (Fsp3) is 0.350. The number of thioether (sulfide) groups is 1. The van der Waals surface area contributed by atoms with Gasteiger partial charge in [-0.25, -0.2) is 4.98 Å². The Labute approximate surface area is 166 Å². The van der Waals surface area contributed by atoms with Crippen LogP contribution in [-0.4, -0.2) is 27.3 Å². The lowest BCUT2D eigenvalue weighted by Gasteiger charge is -2.14. The fourth-order valence-electron chi connectivity index (χ4n) is 2.86. The van der Waals surface area contributed by atoms with Crippen LogP contribution >= 0.6 is 23.1 Å². The van der Waals surface area contributed by atoms with Gasteiger partial charge in [0.2, 0.25) is 5.91 Å². The molecule has 0 aliphatic carbocycles. The van der Waals surface area contributed by atoms with Crippen LogP contribution in [0.5, 0.6) is 0 Å². The normalized spacial score (nSPS) is 12.2. The number of amides is 1. The molecular formula is C20H23N3O2S2. The van der Waals surface area contributed by atoms with Crippen LogP contribution in [0.25, 0.3) is 10.2 Å². The number of rotatable bonds is 8. The SMILES string of the molecule is CCn1c(SCC(=O)N[C@@H](C)CCc2ccccc2)nc2ccsc2c1=O. The van der Waals surface area contributed by atoms with Crippen LogP contribution in [0.4, 0.5) is 0 Å². The zero-order valence-electron chi connectivity index (χ0n) is 15.5. The molecule has 1 atom stereocenters. The summed E-state index contributed by atoms with van der Waals surface area (Å²) in [5.41, 5.74) is 1.94. The molecule has 27 heavy (non-hydrogen) atoms. The third-order valence-corrected chi connectivity index (χ3v) is 6.16. The summed E-state index contributed by atoms with van der Waals surface area (Å²) >= 11 is 2.72. The average molecular weight is 402 g/mol. The van der Waals surface area contributed by atoms with E-state index in [2.05, 4.69) is 22.4 Å². The van der Waals surface area contributed by atoms with E-state index in [0.29, 0.717) is 21.9 Å². The fourth-order valence-corrected chi connectivity index (χ4v) is 4.51. The van der Waals surface area contributed by atoms with Crippen molar-refractivity contribution >= 4 is 39.2 Å². The number of hydrogen-bond acceptors (Lipinski definition) is 5. The summed E-state index contributed by atoms with van der Waals surface area (Å²) < 4.78 is 2.30. The first-order valence-corrected chi connectivity index (χ1v) is 10.9. The summed E-state index contributed by atoms with van der Waals surface area (Å²) in [6.45, 7) is 4.47. The molecule has 0 fully saturated rings. The maximum absolute atomic E-state index is 12.5. The van der Waals surface area contributed by atoms with Gasteiger partial charge in [-0.05, 0) is 43.7 Å². The predicted octanol–water partition coefficient (Wildman–Crippen LogP) is 3.71. The lowest BCUT2D eigenvalue weighted by Crippen LogP contribution is -2.34. The van der Waals surface area contributed by atoms with Gasteiger partial charge in [-0.1, -0.05) is 42.1 Å². The molecule has 142 valence electrons. The number of aromatic nitrogens is 2. The van der Waals surface area contributed by atoms with Gasteiger partial charge in [0, 0.05) is 12.6 Å². The molecule has 0 bridgehead atoms. The number of thiophene rings is 1. The standard InChI is InChI=1S/C20H23N3O2S2/c1-3-23-19(25)18-16(11-12-26-18)22-20(23)27-13-17(24)21-14(2)9-10-15-7-5-4-6-8-15/h4-8,11-12,14H,3,9-10,13H2,1-2H3,(H,21,24)/t14-/m0/s1. The number of carbonyl (C=O) groups is 1. The van der Waals surface area contributed by atoms with Gasteiger partial charge < -0.3 is 5.32 Å². The van der Waals surface area contributed by atoms with Crippen molar-refractivity contribution < 1.29 is 4.79 Å². The smallest absolute Gasteiger partial charge is 0.272 e. The second-order valence-corrected chi connectivity index (χ2v) is 8.22. The number of hydrogen-bond donors (Lipinski definition) is 1. The summed E-state index contributed by atoms with van der Waals surface area (Å²) in [6.07, 6.45) is 1.82. The van der Waals surface area contributed by atoms with Crippen LogP contribution < -0.4 is 10.9 Å². The van der Waals surface area contributed by atoms with Crippen molar-refractivity contribution in [2.45, 2.75) is 44.4 Å².